The molecule has 2 rings (SSSR count). The summed E-state index contributed by atoms with van der Waals surface area (Å²) < 4.78 is 31.8. The van der Waals surface area contributed by atoms with Crippen LogP contribution in [0.1, 0.15) is 12.8 Å². The average Bonchev–Trinajstić information content (AvgIpc) is 2.45. The summed E-state index contributed by atoms with van der Waals surface area (Å²) in [7, 11) is -3.48. The molecule has 0 radical (unpaired) electrons. The van der Waals surface area contributed by atoms with Crippen LogP contribution in [0.25, 0.3) is 0 Å². The van der Waals surface area contributed by atoms with Gasteiger partial charge in [-0.1, -0.05) is 6.07 Å². The van der Waals surface area contributed by atoms with Crippen molar-refractivity contribution in [3.8, 4) is 0 Å². The molecule has 3 N–H and O–H groups in total. The molecule has 0 spiro atoms. The van der Waals surface area contributed by atoms with Crippen LogP contribution in [0, 0.1) is 0 Å². The molecular weight excluding hydrogens is 280 g/mol. The first kappa shape index (κ1) is 15.2. The number of anilines is 1. The molecule has 1 aromatic carbocycles. The molecule has 1 aliphatic rings. The SMILES string of the molecule is Nc1cccc(S(=O)(=O)N2CCC(OCCO)CC2)c1. The topological polar surface area (TPSA) is 92.9 Å². The molecular formula is C13H20N2O4S. The molecule has 0 aliphatic carbocycles. The Morgan fingerprint density at radius 1 is 1.35 bits per heavy atom. The van der Waals surface area contributed by atoms with E-state index in [4.69, 9.17) is 15.6 Å². The van der Waals surface area contributed by atoms with E-state index in [-0.39, 0.29) is 17.6 Å². The normalized spacial score (nSPS) is 18.2. The Bertz CT molecular complexity index is 539. The van der Waals surface area contributed by atoms with Gasteiger partial charge in [0.25, 0.3) is 0 Å². The number of nitrogens with two attached hydrogens (primary N) is 1. The van der Waals surface area contributed by atoms with E-state index in [0.29, 0.717) is 38.2 Å². The third kappa shape index (κ3) is 3.49. The first-order chi connectivity index (χ1) is 9.54. The minimum absolute atomic E-state index is 0.0121. The standard InChI is InChI=1S/C13H20N2O4S/c14-11-2-1-3-13(10-11)20(17,18)15-6-4-12(5-7-15)19-9-8-16/h1-3,10,12,16H,4-9,14H2. The molecule has 0 aromatic heterocycles. The van der Waals surface area contributed by atoms with Crippen molar-refractivity contribution in [3.63, 3.8) is 0 Å². The molecule has 1 fully saturated rings. The van der Waals surface area contributed by atoms with Crippen LogP contribution in [0.2, 0.25) is 0 Å². The maximum atomic E-state index is 12.4. The number of hydrogen-bond acceptors (Lipinski definition) is 5. The lowest BCUT2D eigenvalue weighted by Gasteiger charge is -2.31. The van der Waals surface area contributed by atoms with Gasteiger partial charge in [0.15, 0.2) is 0 Å². The van der Waals surface area contributed by atoms with E-state index in [1.54, 1.807) is 18.2 Å². The number of benzene rings is 1. The Morgan fingerprint density at radius 3 is 2.65 bits per heavy atom. The number of sulfonamides is 1. The van der Waals surface area contributed by atoms with Crippen LogP contribution >= 0.6 is 0 Å². The third-order valence-electron chi connectivity index (χ3n) is 3.34. The summed E-state index contributed by atoms with van der Waals surface area (Å²) >= 11 is 0. The van der Waals surface area contributed by atoms with E-state index >= 15 is 0 Å². The summed E-state index contributed by atoms with van der Waals surface area (Å²) in [6.07, 6.45) is 1.30. The zero-order chi connectivity index (χ0) is 14.6. The highest BCUT2D eigenvalue weighted by atomic mass is 32.2. The van der Waals surface area contributed by atoms with Crippen LogP contribution in [0.5, 0.6) is 0 Å². The van der Waals surface area contributed by atoms with Gasteiger partial charge in [-0.25, -0.2) is 8.42 Å². The first-order valence-electron chi connectivity index (χ1n) is 6.62. The van der Waals surface area contributed by atoms with Crippen molar-refractivity contribution < 1.29 is 18.3 Å². The lowest BCUT2D eigenvalue weighted by Crippen LogP contribution is -2.41. The summed E-state index contributed by atoms with van der Waals surface area (Å²) in [5.41, 5.74) is 6.07. The molecule has 0 unspecified atom stereocenters. The van der Waals surface area contributed by atoms with Gasteiger partial charge < -0.3 is 15.6 Å². The minimum Gasteiger partial charge on any atom is -0.399 e. The Kier molecular flexibility index (Phi) is 4.98. The molecule has 6 nitrogen and oxygen atoms in total. The summed E-state index contributed by atoms with van der Waals surface area (Å²) in [6, 6.07) is 6.33. The Hall–Kier alpha value is -1.15. The fraction of sp³-hybridized carbons (Fsp3) is 0.538. The number of nitrogen functional groups attached to an aromatic ring is 1. The summed E-state index contributed by atoms with van der Waals surface area (Å²) in [6.45, 7) is 1.13. The number of ether oxygens (including phenoxy) is 1. The largest absolute Gasteiger partial charge is 0.399 e. The highest BCUT2D eigenvalue weighted by Crippen LogP contribution is 2.23. The molecule has 1 aliphatic heterocycles. The van der Waals surface area contributed by atoms with Crippen LogP contribution in [-0.4, -0.2) is 50.2 Å². The quantitative estimate of drug-likeness (QED) is 0.769. The van der Waals surface area contributed by atoms with Gasteiger partial charge in [0.2, 0.25) is 10.0 Å². The van der Waals surface area contributed by atoms with Gasteiger partial charge in [-0.2, -0.15) is 4.31 Å². The average molecular weight is 300 g/mol. The highest BCUT2D eigenvalue weighted by Gasteiger charge is 2.29. The monoisotopic (exact) mass is 300 g/mol. The molecule has 0 atom stereocenters. The number of hydrogen-bond donors (Lipinski definition) is 2. The van der Waals surface area contributed by atoms with E-state index in [1.165, 1.54) is 10.4 Å². The van der Waals surface area contributed by atoms with Gasteiger partial charge in [0.1, 0.15) is 0 Å². The predicted molar refractivity (Wildman–Crippen MR) is 75.7 cm³/mol. The van der Waals surface area contributed by atoms with Crippen LogP contribution < -0.4 is 5.73 Å². The van der Waals surface area contributed by atoms with Crippen LogP contribution in [0.4, 0.5) is 5.69 Å². The Balaban J connectivity index is 2.02. The van der Waals surface area contributed by atoms with Crippen LogP contribution in [0.15, 0.2) is 29.2 Å². The van der Waals surface area contributed by atoms with Crippen molar-refractivity contribution in [2.24, 2.45) is 0 Å². The van der Waals surface area contributed by atoms with Crippen LogP contribution in [-0.2, 0) is 14.8 Å². The zero-order valence-electron chi connectivity index (χ0n) is 11.2. The van der Waals surface area contributed by atoms with Gasteiger partial charge in [-0.3, -0.25) is 0 Å². The predicted octanol–water partition coefficient (Wildman–Crippen LogP) is 0.431. The van der Waals surface area contributed by atoms with E-state index in [9.17, 15) is 8.42 Å². The molecule has 0 amide bonds. The molecule has 1 aromatic rings. The van der Waals surface area contributed by atoms with E-state index in [0.717, 1.165) is 0 Å². The molecule has 20 heavy (non-hydrogen) atoms. The van der Waals surface area contributed by atoms with E-state index in [1.807, 2.05) is 0 Å². The number of piperidine rings is 1. The molecule has 0 bridgehead atoms. The maximum Gasteiger partial charge on any atom is 0.243 e. The smallest absolute Gasteiger partial charge is 0.243 e. The van der Waals surface area contributed by atoms with E-state index < -0.39 is 10.0 Å². The second-order valence-electron chi connectivity index (χ2n) is 4.77. The lowest BCUT2D eigenvalue weighted by molar-refractivity contribution is 0.00318. The molecule has 0 saturated carbocycles. The van der Waals surface area contributed by atoms with Crippen molar-refractivity contribution in [3.05, 3.63) is 24.3 Å². The second-order valence-corrected chi connectivity index (χ2v) is 6.71. The second kappa shape index (κ2) is 6.53. The summed E-state index contributed by atoms with van der Waals surface area (Å²) in [5.74, 6) is 0. The van der Waals surface area contributed by atoms with Crippen LogP contribution in [0.3, 0.4) is 0 Å². The third-order valence-corrected chi connectivity index (χ3v) is 5.24. The molecule has 1 saturated heterocycles. The van der Waals surface area contributed by atoms with Crippen molar-refractivity contribution in [2.45, 2.75) is 23.8 Å². The molecule has 112 valence electrons. The van der Waals surface area contributed by atoms with Gasteiger partial charge in [-0.15, -0.1) is 0 Å². The van der Waals surface area contributed by atoms with Gasteiger partial charge >= 0.3 is 0 Å². The molecule has 7 heteroatoms. The van der Waals surface area contributed by atoms with Gasteiger partial charge in [-0.05, 0) is 31.0 Å². The fourth-order valence-electron chi connectivity index (χ4n) is 2.28. The van der Waals surface area contributed by atoms with Crippen molar-refractivity contribution in [1.82, 2.24) is 4.31 Å². The van der Waals surface area contributed by atoms with Gasteiger partial charge in [0, 0.05) is 18.8 Å². The first-order valence-corrected chi connectivity index (χ1v) is 8.06. The fourth-order valence-corrected chi connectivity index (χ4v) is 3.81. The summed E-state index contributed by atoms with van der Waals surface area (Å²) in [5, 5.41) is 8.71. The van der Waals surface area contributed by atoms with Crippen molar-refractivity contribution in [2.75, 3.05) is 32.0 Å². The van der Waals surface area contributed by atoms with E-state index in [2.05, 4.69) is 0 Å². The van der Waals surface area contributed by atoms with Crippen molar-refractivity contribution in [1.29, 1.82) is 0 Å². The minimum atomic E-state index is -3.48. The number of rotatable bonds is 5. The highest BCUT2D eigenvalue weighted by molar-refractivity contribution is 7.89. The van der Waals surface area contributed by atoms with Gasteiger partial charge in [0.05, 0.1) is 24.2 Å². The Morgan fingerprint density at radius 2 is 2.05 bits per heavy atom. The molecule has 1 heterocycles. The Labute approximate surface area is 119 Å². The number of aliphatic hydroxyl groups excluding tert-OH is 1. The number of nitrogens with zero attached hydrogens (tertiary/aromatic N) is 1. The lowest BCUT2D eigenvalue weighted by atomic mass is 10.1. The zero-order valence-corrected chi connectivity index (χ0v) is 12.1. The summed E-state index contributed by atoms with van der Waals surface area (Å²) in [4.78, 5) is 0.229. The maximum absolute atomic E-state index is 12.4. The van der Waals surface area contributed by atoms with Crippen molar-refractivity contribution >= 4 is 15.7 Å². The number of aliphatic hydroxyl groups is 1.